The zero-order valence-corrected chi connectivity index (χ0v) is 15.4. The minimum Gasteiger partial charge on any atom is -0.335 e. The van der Waals surface area contributed by atoms with Gasteiger partial charge in [0.05, 0.1) is 0 Å². The second kappa shape index (κ2) is 9.19. The number of rotatable bonds is 8. The van der Waals surface area contributed by atoms with Crippen molar-refractivity contribution in [2.24, 2.45) is 5.73 Å². The van der Waals surface area contributed by atoms with Gasteiger partial charge in [-0.25, -0.2) is 4.79 Å². The minimum absolute atomic E-state index is 0.0708. The van der Waals surface area contributed by atoms with E-state index in [1.54, 1.807) is 29.2 Å². The Bertz CT molecular complexity index is 775. The molecule has 2 aromatic rings. The van der Waals surface area contributed by atoms with Crippen molar-refractivity contribution < 1.29 is 9.59 Å². The summed E-state index contributed by atoms with van der Waals surface area (Å²) in [6, 6.07) is 17.0. The van der Waals surface area contributed by atoms with Crippen LogP contribution in [0.25, 0.3) is 0 Å². The van der Waals surface area contributed by atoms with Crippen LogP contribution in [0, 0.1) is 0 Å². The lowest BCUT2D eigenvalue weighted by Gasteiger charge is -2.23. The molecule has 4 N–H and O–H groups in total. The topological polar surface area (TPSA) is 87.5 Å². The Morgan fingerprint density at radius 2 is 1.85 bits per heavy atom. The van der Waals surface area contributed by atoms with Gasteiger partial charge < -0.3 is 21.3 Å². The van der Waals surface area contributed by atoms with Crippen LogP contribution in [0.3, 0.4) is 0 Å². The molecule has 1 fully saturated rings. The van der Waals surface area contributed by atoms with Gasteiger partial charge in [-0.15, -0.1) is 0 Å². The van der Waals surface area contributed by atoms with Gasteiger partial charge in [-0.1, -0.05) is 36.4 Å². The molecular formula is C21H26N4O2. The third-order valence-corrected chi connectivity index (χ3v) is 4.42. The molecule has 1 aliphatic carbocycles. The molecule has 27 heavy (non-hydrogen) atoms. The molecule has 3 rings (SSSR count). The summed E-state index contributed by atoms with van der Waals surface area (Å²) in [6.45, 7) is 1.64. The maximum Gasteiger partial charge on any atom is 0.319 e. The Labute approximate surface area is 159 Å². The number of urea groups is 1. The Kier molecular flexibility index (Phi) is 6.44. The number of nitrogens with one attached hydrogen (secondary N) is 2. The lowest BCUT2D eigenvalue weighted by Crippen LogP contribution is -2.33. The van der Waals surface area contributed by atoms with Gasteiger partial charge in [-0.2, -0.15) is 0 Å². The van der Waals surface area contributed by atoms with Crippen molar-refractivity contribution in [2.45, 2.75) is 31.8 Å². The molecule has 6 nitrogen and oxygen atoms in total. The molecule has 0 aliphatic heterocycles. The minimum atomic E-state index is -0.230. The third-order valence-electron chi connectivity index (χ3n) is 4.42. The normalized spacial score (nSPS) is 13.1. The highest BCUT2D eigenvalue weighted by atomic mass is 16.2. The summed E-state index contributed by atoms with van der Waals surface area (Å²) in [5.41, 5.74) is 7.87. The number of nitrogens with zero attached hydrogens (tertiary/aromatic N) is 1. The molecule has 0 spiro atoms. The summed E-state index contributed by atoms with van der Waals surface area (Å²) in [5, 5.41) is 5.67. The molecule has 0 atom stereocenters. The number of benzene rings is 2. The molecule has 142 valence electrons. The predicted molar refractivity (Wildman–Crippen MR) is 106 cm³/mol. The first kappa shape index (κ1) is 18.9. The van der Waals surface area contributed by atoms with E-state index in [9.17, 15) is 9.59 Å². The highest BCUT2D eigenvalue weighted by Gasteiger charge is 2.23. The van der Waals surface area contributed by atoms with Crippen molar-refractivity contribution in [3.05, 3.63) is 65.7 Å². The van der Waals surface area contributed by atoms with Crippen molar-refractivity contribution in [1.82, 2.24) is 10.2 Å². The number of hydrogen-bond donors (Lipinski definition) is 3. The van der Waals surface area contributed by atoms with E-state index in [4.69, 9.17) is 5.73 Å². The van der Waals surface area contributed by atoms with Crippen LogP contribution in [-0.2, 0) is 6.54 Å². The van der Waals surface area contributed by atoms with Crippen molar-refractivity contribution in [3.63, 3.8) is 0 Å². The van der Waals surface area contributed by atoms with Crippen LogP contribution < -0.4 is 16.4 Å². The van der Waals surface area contributed by atoms with E-state index in [0.29, 0.717) is 30.9 Å². The second-order valence-corrected chi connectivity index (χ2v) is 6.81. The van der Waals surface area contributed by atoms with Gasteiger partial charge in [0, 0.05) is 30.4 Å². The molecule has 2 aromatic carbocycles. The Morgan fingerprint density at radius 3 is 2.56 bits per heavy atom. The van der Waals surface area contributed by atoms with Gasteiger partial charge >= 0.3 is 6.03 Å². The van der Waals surface area contributed by atoms with E-state index in [1.165, 1.54) is 0 Å². The molecular weight excluding hydrogens is 340 g/mol. The molecule has 0 saturated heterocycles. The summed E-state index contributed by atoms with van der Waals surface area (Å²) in [6.07, 6.45) is 2.80. The Morgan fingerprint density at radius 1 is 1.07 bits per heavy atom. The SMILES string of the molecule is NCCCN(Cc1ccccc1)C(=O)c1cccc(NC(=O)NC2CC2)c1. The second-order valence-electron chi connectivity index (χ2n) is 6.81. The van der Waals surface area contributed by atoms with Crippen LogP contribution in [-0.4, -0.2) is 36.0 Å². The summed E-state index contributed by atoms with van der Waals surface area (Å²) >= 11 is 0. The van der Waals surface area contributed by atoms with Crippen molar-refractivity contribution >= 4 is 17.6 Å². The van der Waals surface area contributed by atoms with Crippen LogP contribution in [0.4, 0.5) is 10.5 Å². The van der Waals surface area contributed by atoms with Crippen molar-refractivity contribution in [3.8, 4) is 0 Å². The first-order chi connectivity index (χ1) is 13.2. The fourth-order valence-electron chi connectivity index (χ4n) is 2.83. The van der Waals surface area contributed by atoms with Gasteiger partial charge in [0.25, 0.3) is 5.91 Å². The molecule has 0 aromatic heterocycles. The van der Waals surface area contributed by atoms with Crippen molar-refractivity contribution in [1.29, 1.82) is 0 Å². The van der Waals surface area contributed by atoms with Crippen LogP contribution in [0.1, 0.15) is 35.2 Å². The number of nitrogens with two attached hydrogens (primary N) is 1. The third kappa shape index (κ3) is 5.82. The van der Waals surface area contributed by atoms with E-state index in [-0.39, 0.29) is 18.0 Å². The molecule has 0 bridgehead atoms. The Balaban J connectivity index is 1.70. The summed E-state index contributed by atoms with van der Waals surface area (Å²) in [7, 11) is 0. The zero-order valence-electron chi connectivity index (χ0n) is 15.4. The van der Waals surface area contributed by atoms with Crippen LogP contribution >= 0.6 is 0 Å². The van der Waals surface area contributed by atoms with Gasteiger partial charge in [-0.05, 0) is 49.6 Å². The number of anilines is 1. The van der Waals surface area contributed by atoms with E-state index < -0.39 is 0 Å². The highest BCUT2D eigenvalue weighted by molar-refractivity contribution is 5.97. The molecule has 3 amide bonds. The fourth-order valence-corrected chi connectivity index (χ4v) is 2.83. The smallest absolute Gasteiger partial charge is 0.319 e. The number of carbonyl (C=O) groups excluding carboxylic acids is 2. The van der Waals surface area contributed by atoms with Gasteiger partial charge in [0.1, 0.15) is 0 Å². The average molecular weight is 366 g/mol. The summed E-state index contributed by atoms with van der Waals surface area (Å²) < 4.78 is 0. The molecule has 6 heteroatoms. The zero-order chi connectivity index (χ0) is 19.1. The van der Waals surface area contributed by atoms with Crippen LogP contribution in [0.15, 0.2) is 54.6 Å². The number of carbonyl (C=O) groups is 2. The van der Waals surface area contributed by atoms with Gasteiger partial charge in [-0.3, -0.25) is 4.79 Å². The largest absolute Gasteiger partial charge is 0.335 e. The highest BCUT2D eigenvalue weighted by Crippen LogP contribution is 2.19. The first-order valence-corrected chi connectivity index (χ1v) is 9.36. The lowest BCUT2D eigenvalue weighted by molar-refractivity contribution is 0.0742. The molecule has 1 saturated carbocycles. The quantitative estimate of drug-likeness (QED) is 0.671. The molecule has 1 aliphatic rings. The van der Waals surface area contributed by atoms with E-state index >= 15 is 0 Å². The first-order valence-electron chi connectivity index (χ1n) is 9.36. The maximum atomic E-state index is 13.0. The maximum absolute atomic E-state index is 13.0. The molecule has 0 radical (unpaired) electrons. The Hall–Kier alpha value is -2.86. The standard InChI is InChI=1S/C21H26N4O2/c22-12-5-13-25(15-16-6-2-1-3-7-16)20(26)17-8-4-9-19(14-17)24-21(27)23-18-10-11-18/h1-4,6-9,14,18H,5,10-13,15,22H2,(H2,23,24,27). The van der Waals surface area contributed by atoms with E-state index in [0.717, 1.165) is 24.8 Å². The van der Waals surface area contributed by atoms with Gasteiger partial charge in [0.15, 0.2) is 0 Å². The fraction of sp³-hybridized carbons (Fsp3) is 0.333. The number of hydrogen-bond acceptors (Lipinski definition) is 3. The predicted octanol–water partition coefficient (Wildman–Crippen LogP) is 2.96. The molecule has 0 unspecified atom stereocenters. The van der Waals surface area contributed by atoms with Crippen molar-refractivity contribution in [2.75, 3.05) is 18.4 Å². The van der Waals surface area contributed by atoms with Crippen LogP contribution in [0.5, 0.6) is 0 Å². The van der Waals surface area contributed by atoms with E-state index in [1.807, 2.05) is 30.3 Å². The van der Waals surface area contributed by atoms with Gasteiger partial charge in [0.2, 0.25) is 0 Å². The summed E-state index contributed by atoms with van der Waals surface area (Å²) in [5.74, 6) is -0.0708. The lowest BCUT2D eigenvalue weighted by atomic mass is 10.1. The monoisotopic (exact) mass is 366 g/mol. The molecule has 0 heterocycles. The van der Waals surface area contributed by atoms with E-state index in [2.05, 4.69) is 10.6 Å². The average Bonchev–Trinajstić information content (AvgIpc) is 3.49. The number of amides is 3. The van der Waals surface area contributed by atoms with Crippen LogP contribution in [0.2, 0.25) is 0 Å². The summed E-state index contributed by atoms with van der Waals surface area (Å²) in [4.78, 5) is 26.8.